The molecule has 3 aliphatic rings. The van der Waals surface area contributed by atoms with Crippen molar-refractivity contribution in [1.29, 1.82) is 0 Å². The van der Waals surface area contributed by atoms with E-state index in [4.69, 9.17) is 0 Å². The molecule has 1 amide bonds. The fourth-order valence-corrected chi connectivity index (χ4v) is 6.81. The normalized spacial score (nSPS) is 16.4. The summed E-state index contributed by atoms with van der Waals surface area (Å²) in [5, 5.41) is 45.5. The van der Waals surface area contributed by atoms with Crippen molar-refractivity contribution in [3.63, 3.8) is 0 Å². The highest BCUT2D eigenvalue weighted by atomic mass is 16.4. The maximum absolute atomic E-state index is 14.1. The zero-order valence-corrected chi connectivity index (χ0v) is 23.1. The van der Waals surface area contributed by atoms with Crippen molar-refractivity contribution in [2.24, 2.45) is 0 Å². The SMILES string of the molecule is O=C(O)c1cc(NC(=O)C(Cc2ccccc2)n2c(O)c3c(c2O)C2c4ccccc4C3c3ccccc32)cc(C(=O)O)c1. The summed E-state index contributed by atoms with van der Waals surface area (Å²) in [5.41, 5.74) is 5.24. The number of hydrogen-bond acceptors (Lipinski definition) is 5. The second-order valence-corrected chi connectivity index (χ2v) is 11.1. The third kappa shape index (κ3) is 4.12. The molecule has 0 aliphatic heterocycles. The molecule has 0 fully saturated rings. The first-order chi connectivity index (χ1) is 21.2. The third-order valence-electron chi connectivity index (χ3n) is 8.62. The molecule has 5 aromatic rings. The molecule has 218 valence electrons. The van der Waals surface area contributed by atoms with Crippen LogP contribution in [0.25, 0.3) is 0 Å². The van der Waals surface area contributed by atoms with Gasteiger partial charge in [0.1, 0.15) is 6.04 Å². The number of amides is 1. The van der Waals surface area contributed by atoms with Crippen LogP contribution < -0.4 is 5.32 Å². The van der Waals surface area contributed by atoms with Crippen molar-refractivity contribution in [3.05, 3.63) is 147 Å². The molecule has 2 bridgehead atoms. The second-order valence-electron chi connectivity index (χ2n) is 11.1. The Morgan fingerprint density at radius 3 is 1.52 bits per heavy atom. The van der Waals surface area contributed by atoms with E-state index in [-0.39, 0.29) is 46.8 Å². The van der Waals surface area contributed by atoms with Gasteiger partial charge >= 0.3 is 11.9 Å². The standard InChI is InChI=1S/C35H26N2O7/c38-31(36-21-16-19(34(41)42)15-20(17-21)35(43)44)26(14-18-8-2-1-3-9-18)37-32(39)29-27-22-10-4-5-11-23(22)28(30(29)33(37)40)25-13-7-6-12-24(25)27/h1-13,15-17,26-28,39-40H,14H2,(H,36,38)(H,41,42)(H,43,44). The minimum Gasteiger partial charge on any atom is -0.494 e. The molecule has 4 aromatic carbocycles. The monoisotopic (exact) mass is 586 g/mol. The number of aromatic carboxylic acids is 2. The molecule has 1 atom stereocenters. The average molecular weight is 587 g/mol. The van der Waals surface area contributed by atoms with Crippen LogP contribution in [-0.4, -0.2) is 42.8 Å². The molecule has 0 saturated heterocycles. The highest BCUT2D eigenvalue weighted by Gasteiger charge is 2.47. The van der Waals surface area contributed by atoms with Crippen LogP contribution in [0.3, 0.4) is 0 Å². The van der Waals surface area contributed by atoms with Gasteiger partial charge in [-0.05, 0) is 46.0 Å². The van der Waals surface area contributed by atoms with E-state index in [0.717, 1.165) is 33.9 Å². The Bertz CT molecular complexity index is 1840. The van der Waals surface area contributed by atoms with Gasteiger partial charge in [0.25, 0.3) is 0 Å². The summed E-state index contributed by atoms with van der Waals surface area (Å²) in [6.45, 7) is 0. The molecule has 1 aromatic heterocycles. The number of carboxylic acid groups (broad SMARTS) is 2. The summed E-state index contributed by atoms with van der Waals surface area (Å²) in [4.78, 5) is 37.4. The van der Waals surface area contributed by atoms with Gasteiger partial charge in [-0.1, -0.05) is 78.9 Å². The Morgan fingerprint density at radius 2 is 1.09 bits per heavy atom. The Hall–Kier alpha value is -5.83. The Morgan fingerprint density at radius 1 is 0.659 bits per heavy atom. The Kier molecular flexibility index (Phi) is 6.24. The van der Waals surface area contributed by atoms with E-state index in [2.05, 4.69) is 5.32 Å². The topological polar surface area (TPSA) is 149 Å². The van der Waals surface area contributed by atoms with Crippen LogP contribution in [0.2, 0.25) is 0 Å². The quantitative estimate of drug-likeness (QED) is 0.161. The number of carbonyl (C=O) groups is 3. The van der Waals surface area contributed by atoms with E-state index in [0.29, 0.717) is 11.1 Å². The predicted molar refractivity (Wildman–Crippen MR) is 161 cm³/mol. The van der Waals surface area contributed by atoms with E-state index in [9.17, 15) is 34.8 Å². The summed E-state index contributed by atoms with van der Waals surface area (Å²) < 4.78 is 1.24. The number of nitrogens with zero attached hydrogens (tertiary/aromatic N) is 1. The molecule has 9 nitrogen and oxygen atoms in total. The summed E-state index contributed by atoms with van der Waals surface area (Å²) in [6.07, 6.45) is 0.0704. The first kappa shape index (κ1) is 27.0. The maximum Gasteiger partial charge on any atom is 0.335 e. The Labute approximate surface area is 251 Å². The van der Waals surface area contributed by atoms with Crippen molar-refractivity contribution < 1.29 is 34.8 Å². The van der Waals surface area contributed by atoms with Crippen molar-refractivity contribution in [2.45, 2.75) is 24.3 Å². The molecule has 1 unspecified atom stereocenters. The van der Waals surface area contributed by atoms with Gasteiger partial charge < -0.3 is 25.7 Å². The fourth-order valence-electron chi connectivity index (χ4n) is 6.81. The van der Waals surface area contributed by atoms with Crippen LogP contribution in [0.4, 0.5) is 5.69 Å². The summed E-state index contributed by atoms with van der Waals surface area (Å²) in [6, 6.07) is 27.1. The number of carbonyl (C=O) groups excluding carboxylic acids is 1. The predicted octanol–water partition coefficient (Wildman–Crippen LogP) is 5.71. The summed E-state index contributed by atoms with van der Waals surface area (Å²) in [5.74, 6) is -4.58. The molecule has 3 aliphatic carbocycles. The highest BCUT2D eigenvalue weighted by Crippen LogP contribution is 2.61. The average Bonchev–Trinajstić information content (AvgIpc) is 3.29. The van der Waals surface area contributed by atoms with E-state index >= 15 is 0 Å². The largest absolute Gasteiger partial charge is 0.494 e. The first-order valence-corrected chi connectivity index (χ1v) is 14.0. The number of rotatable bonds is 7. The Balaban J connectivity index is 1.38. The number of aromatic nitrogens is 1. The van der Waals surface area contributed by atoms with Gasteiger partial charge in [-0.15, -0.1) is 0 Å². The fraction of sp³-hybridized carbons (Fsp3) is 0.114. The number of aromatic hydroxyl groups is 2. The first-order valence-electron chi connectivity index (χ1n) is 14.0. The van der Waals surface area contributed by atoms with Crippen molar-refractivity contribution in [2.75, 3.05) is 5.32 Å². The van der Waals surface area contributed by atoms with Gasteiger partial charge in [0, 0.05) is 35.1 Å². The number of nitrogens with one attached hydrogen (secondary N) is 1. The molecule has 8 rings (SSSR count). The number of benzene rings is 4. The van der Waals surface area contributed by atoms with Crippen molar-refractivity contribution in [1.82, 2.24) is 4.57 Å². The number of carboxylic acids is 2. The lowest BCUT2D eigenvalue weighted by molar-refractivity contribution is -0.119. The zero-order valence-electron chi connectivity index (χ0n) is 23.1. The van der Waals surface area contributed by atoms with Crippen molar-refractivity contribution in [3.8, 4) is 11.8 Å². The zero-order chi connectivity index (χ0) is 30.7. The number of hydrogen-bond donors (Lipinski definition) is 5. The van der Waals surface area contributed by atoms with E-state index in [1.165, 1.54) is 16.7 Å². The van der Waals surface area contributed by atoms with Crippen LogP contribution in [0.1, 0.15) is 77.5 Å². The van der Waals surface area contributed by atoms with E-state index < -0.39 is 23.9 Å². The van der Waals surface area contributed by atoms with Gasteiger partial charge in [0.15, 0.2) is 11.8 Å². The van der Waals surface area contributed by atoms with Crippen molar-refractivity contribution >= 4 is 23.5 Å². The van der Waals surface area contributed by atoms with Crippen LogP contribution >= 0.6 is 0 Å². The van der Waals surface area contributed by atoms with Crippen LogP contribution in [-0.2, 0) is 11.2 Å². The smallest absolute Gasteiger partial charge is 0.335 e. The molecule has 44 heavy (non-hydrogen) atoms. The molecule has 9 heteroatoms. The lowest BCUT2D eigenvalue weighted by Crippen LogP contribution is -2.28. The molecule has 1 heterocycles. The summed E-state index contributed by atoms with van der Waals surface area (Å²) in [7, 11) is 0. The molecular formula is C35H26N2O7. The van der Waals surface area contributed by atoms with E-state index in [1.807, 2.05) is 78.9 Å². The van der Waals surface area contributed by atoms with Crippen LogP contribution in [0, 0.1) is 0 Å². The van der Waals surface area contributed by atoms with Gasteiger partial charge in [-0.3, -0.25) is 9.36 Å². The highest BCUT2D eigenvalue weighted by molar-refractivity contribution is 5.99. The van der Waals surface area contributed by atoms with E-state index in [1.54, 1.807) is 0 Å². The minimum atomic E-state index is -1.35. The molecule has 0 spiro atoms. The minimum absolute atomic E-state index is 0.0406. The maximum atomic E-state index is 14.1. The van der Waals surface area contributed by atoms with Gasteiger partial charge in [-0.25, -0.2) is 9.59 Å². The molecule has 0 radical (unpaired) electrons. The third-order valence-corrected chi connectivity index (χ3v) is 8.62. The molecular weight excluding hydrogens is 560 g/mol. The molecule has 5 N–H and O–H groups in total. The lowest BCUT2D eigenvalue weighted by Gasteiger charge is -2.40. The van der Waals surface area contributed by atoms with Crippen LogP contribution in [0.15, 0.2) is 97.1 Å². The lowest BCUT2D eigenvalue weighted by atomic mass is 9.62. The van der Waals surface area contributed by atoms with Gasteiger partial charge in [0.2, 0.25) is 5.91 Å². The summed E-state index contributed by atoms with van der Waals surface area (Å²) >= 11 is 0. The van der Waals surface area contributed by atoms with Gasteiger partial charge in [0.05, 0.1) is 11.1 Å². The number of anilines is 1. The van der Waals surface area contributed by atoms with Gasteiger partial charge in [-0.2, -0.15) is 0 Å². The second kappa shape index (κ2) is 10.2. The molecule has 0 saturated carbocycles. The van der Waals surface area contributed by atoms with Crippen LogP contribution in [0.5, 0.6) is 11.8 Å².